The number of rotatable bonds is 5. The van der Waals surface area contributed by atoms with Gasteiger partial charge < -0.3 is 20.6 Å². The summed E-state index contributed by atoms with van der Waals surface area (Å²) in [6, 6.07) is 8.84. The van der Waals surface area contributed by atoms with E-state index in [1.54, 1.807) is 0 Å². The molecule has 0 bridgehead atoms. The highest BCUT2D eigenvalue weighted by atomic mass is 79.9. The lowest BCUT2D eigenvalue weighted by atomic mass is 10.1. The Bertz CT molecular complexity index is 589. The first-order valence-corrected chi connectivity index (χ1v) is 10.9. The van der Waals surface area contributed by atoms with E-state index in [-0.39, 0.29) is 0 Å². The van der Waals surface area contributed by atoms with E-state index in [2.05, 4.69) is 67.6 Å². The fraction of sp³-hybridized carbons (Fsp3) is 0.611. The molecule has 1 aromatic rings. The quantitative estimate of drug-likeness (QED) is 0.498. The Labute approximate surface area is 162 Å². The number of halogens is 1. The number of guanidine groups is 1. The first-order chi connectivity index (χ1) is 12.1. The Kier molecular flexibility index (Phi) is 6.52. The first-order valence-electron chi connectivity index (χ1n) is 8.93. The molecule has 3 N–H and O–H groups in total. The van der Waals surface area contributed by atoms with Crippen LogP contribution >= 0.6 is 27.7 Å². The highest BCUT2D eigenvalue weighted by Crippen LogP contribution is 2.28. The lowest BCUT2D eigenvalue weighted by Gasteiger charge is -2.22. The fourth-order valence-corrected chi connectivity index (χ4v) is 4.77. The number of hydrogen-bond donors (Lipinski definition) is 3. The molecule has 7 heteroatoms. The number of benzene rings is 1. The van der Waals surface area contributed by atoms with Crippen molar-refractivity contribution in [2.75, 3.05) is 42.6 Å². The van der Waals surface area contributed by atoms with Crippen molar-refractivity contribution >= 4 is 39.3 Å². The van der Waals surface area contributed by atoms with Crippen LogP contribution in [0.5, 0.6) is 0 Å². The fourth-order valence-electron chi connectivity index (χ4n) is 3.23. The van der Waals surface area contributed by atoms with Gasteiger partial charge in [-0.3, -0.25) is 4.99 Å². The summed E-state index contributed by atoms with van der Waals surface area (Å²) in [5.41, 5.74) is 0.623. The second-order valence-electron chi connectivity index (χ2n) is 6.77. The average molecular weight is 427 g/mol. The second-order valence-corrected chi connectivity index (χ2v) is 8.80. The monoisotopic (exact) mass is 426 g/mol. The van der Waals surface area contributed by atoms with Crippen LogP contribution in [0.2, 0.25) is 0 Å². The minimum absolute atomic E-state index is 0.369. The van der Waals surface area contributed by atoms with Gasteiger partial charge in [-0.05, 0) is 49.8 Å². The summed E-state index contributed by atoms with van der Waals surface area (Å²) in [6.45, 7) is 5.37. The highest BCUT2D eigenvalue weighted by Gasteiger charge is 2.31. The maximum Gasteiger partial charge on any atom is 0.191 e. The second kappa shape index (κ2) is 8.64. The Balaban J connectivity index is 1.56. The summed E-state index contributed by atoms with van der Waals surface area (Å²) in [5.74, 6) is 2.63. The molecular weight excluding hydrogens is 400 g/mol. The maximum atomic E-state index is 10.5. The van der Waals surface area contributed by atoms with E-state index >= 15 is 0 Å². The molecule has 2 aliphatic rings. The molecule has 5 nitrogen and oxygen atoms in total. The van der Waals surface area contributed by atoms with Gasteiger partial charge in [-0.2, -0.15) is 11.8 Å². The zero-order valence-electron chi connectivity index (χ0n) is 14.7. The molecule has 0 aliphatic carbocycles. The summed E-state index contributed by atoms with van der Waals surface area (Å²) < 4.78 is 1.11. The van der Waals surface area contributed by atoms with Gasteiger partial charge in [-0.25, -0.2) is 0 Å². The summed E-state index contributed by atoms with van der Waals surface area (Å²) in [5, 5.41) is 17.3. The summed E-state index contributed by atoms with van der Waals surface area (Å²) >= 11 is 5.30. The lowest BCUT2D eigenvalue weighted by Crippen LogP contribution is -2.45. The van der Waals surface area contributed by atoms with Crippen LogP contribution in [0.1, 0.15) is 19.8 Å². The molecule has 2 aliphatic heterocycles. The molecule has 0 spiro atoms. The first kappa shape index (κ1) is 18.9. The molecule has 2 atom stereocenters. The summed E-state index contributed by atoms with van der Waals surface area (Å²) in [6.07, 6.45) is 1.92. The normalized spacial score (nSPS) is 26.9. The molecule has 2 heterocycles. The third-order valence-corrected chi connectivity index (χ3v) is 6.44. The predicted octanol–water partition coefficient (Wildman–Crippen LogP) is 2.45. The number of nitrogens with one attached hydrogen (secondary N) is 2. The topological polar surface area (TPSA) is 59.9 Å². The van der Waals surface area contributed by atoms with Gasteiger partial charge in [0.25, 0.3) is 0 Å². The Morgan fingerprint density at radius 2 is 2.24 bits per heavy atom. The van der Waals surface area contributed by atoms with Crippen LogP contribution in [-0.2, 0) is 0 Å². The third-order valence-electron chi connectivity index (χ3n) is 4.68. The van der Waals surface area contributed by atoms with Crippen molar-refractivity contribution in [3.8, 4) is 0 Å². The predicted molar refractivity (Wildman–Crippen MR) is 111 cm³/mol. The van der Waals surface area contributed by atoms with Crippen LogP contribution in [0.15, 0.2) is 33.7 Å². The van der Waals surface area contributed by atoms with Gasteiger partial charge in [0.2, 0.25) is 0 Å². The third kappa shape index (κ3) is 5.28. The Morgan fingerprint density at radius 3 is 2.92 bits per heavy atom. The van der Waals surface area contributed by atoms with Crippen molar-refractivity contribution in [3.05, 3.63) is 28.7 Å². The maximum absolute atomic E-state index is 10.5. The number of aliphatic imine (C=N–C) groups is 1. The molecule has 25 heavy (non-hydrogen) atoms. The van der Waals surface area contributed by atoms with Crippen LogP contribution < -0.4 is 15.5 Å². The van der Waals surface area contributed by atoms with Crippen molar-refractivity contribution in [1.82, 2.24) is 10.6 Å². The van der Waals surface area contributed by atoms with Gasteiger partial charge in [-0.1, -0.05) is 15.9 Å². The van der Waals surface area contributed by atoms with Gasteiger partial charge in [0.15, 0.2) is 5.96 Å². The van der Waals surface area contributed by atoms with Crippen molar-refractivity contribution < 1.29 is 5.11 Å². The average Bonchev–Trinajstić information content (AvgIpc) is 3.24. The molecule has 2 saturated heterocycles. The van der Waals surface area contributed by atoms with E-state index in [0.717, 1.165) is 54.4 Å². The smallest absolute Gasteiger partial charge is 0.191 e. The number of aliphatic hydroxyl groups is 1. The van der Waals surface area contributed by atoms with E-state index in [1.165, 1.54) is 5.69 Å². The number of thioether (sulfide) groups is 1. The SMILES string of the molecule is CCNC(=NCC1(O)CCSC1)NC1CCN(c2ccc(Br)cc2)C1. The summed E-state index contributed by atoms with van der Waals surface area (Å²) in [7, 11) is 0. The number of anilines is 1. The number of nitrogens with zero attached hydrogens (tertiary/aromatic N) is 2. The van der Waals surface area contributed by atoms with Crippen LogP contribution in [0.3, 0.4) is 0 Å². The number of hydrogen-bond acceptors (Lipinski definition) is 4. The largest absolute Gasteiger partial charge is 0.387 e. The van der Waals surface area contributed by atoms with Gasteiger partial charge in [0.05, 0.1) is 12.1 Å². The molecule has 2 fully saturated rings. The molecule has 0 saturated carbocycles. The minimum atomic E-state index is -0.633. The zero-order chi connectivity index (χ0) is 17.7. The minimum Gasteiger partial charge on any atom is -0.387 e. The molecule has 0 aromatic heterocycles. The van der Waals surface area contributed by atoms with E-state index in [9.17, 15) is 5.11 Å². The lowest BCUT2D eigenvalue weighted by molar-refractivity contribution is 0.0778. The Morgan fingerprint density at radius 1 is 1.44 bits per heavy atom. The zero-order valence-corrected chi connectivity index (χ0v) is 17.1. The van der Waals surface area contributed by atoms with Crippen molar-refractivity contribution in [2.45, 2.75) is 31.4 Å². The van der Waals surface area contributed by atoms with Crippen LogP contribution in [-0.4, -0.2) is 60.4 Å². The molecule has 1 aromatic carbocycles. The molecular formula is C18H27BrN4OS. The molecule has 3 rings (SSSR count). The van der Waals surface area contributed by atoms with Gasteiger partial charge >= 0.3 is 0 Å². The van der Waals surface area contributed by atoms with E-state index in [1.807, 2.05) is 11.8 Å². The van der Waals surface area contributed by atoms with E-state index in [4.69, 9.17) is 0 Å². The highest BCUT2D eigenvalue weighted by molar-refractivity contribution is 9.10. The van der Waals surface area contributed by atoms with E-state index < -0.39 is 5.60 Å². The Hall–Kier alpha value is -0.920. The van der Waals surface area contributed by atoms with Crippen molar-refractivity contribution in [1.29, 1.82) is 0 Å². The summed E-state index contributed by atoms with van der Waals surface area (Å²) in [4.78, 5) is 7.04. The van der Waals surface area contributed by atoms with E-state index in [0.29, 0.717) is 12.6 Å². The van der Waals surface area contributed by atoms with Gasteiger partial charge in [0.1, 0.15) is 0 Å². The van der Waals surface area contributed by atoms with Gasteiger partial charge in [-0.15, -0.1) is 0 Å². The van der Waals surface area contributed by atoms with Crippen LogP contribution in [0, 0.1) is 0 Å². The van der Waals surface area contributed by atoms with Crippen molar-refractivity contribution in [3.63, 3.8) is 0 Å². The molecule has 138 valence electrons. The molecule has 2 unspecified atom stereocenters. The molecule has 0 amide bonds. The molecule has 0 radical (unpaired) electrons. The van der Waals surface area contributed by atoms with Gasteiger partial charge in [0, 0.05) is 41.6 Å². The van der Waals surface area contributed by atoms with Crippen LogP contribution in [0.25, 0.3) is 0 Å². The standard InChI is InChI=1S/C18H27BrN4OS/c1-2-20-17(21-12-18(24)8-10-25-13-18)22-15-7-9-23(11-15)16-5-3-14(19)4-6-16/h3-6,15,24H,2,7-13H2,1H3,(H2,20,21,22). The van der Waals surface area contributed by atoms with Crippen molar-refractivity contribution in [2.24, 2.45) is 4.99 Å². The van der Waals surface area contributed by atoms with Crippen LogP contribution in [0.4, 0.5) is 5.69 Å².